The number of nitrogens with zero attached hydrogens (tertiary/aromatic N) is 3. The summed E-state index contributed by atoms with van der Waals surface area (Å²) in [6, 6.07) is 10.5. The van der Waals surface area contributed by atoms with E-state index in [1.54, 1.807) is 43.9 Å². The number of aromatic nitrogens is 4. The molecule has 0 fully saturated rings. The van der Waals surface area contributed by atoms with Crippen molar-refractivity contribution in [3.8, 4) is 17.0 Å². The summed E-state index contributed by atoms with van der Waals surface area (Å²) in [4.78, 5) is 28.3. The predicted octanol–water partition coefficient (Wildman–Crippen LogP) is 4.22. The topological polar surface area (TPSA) is 92.8 Å². The molecule has 0 aliphatic rings. The van der Waals surface area contributed by atoms with Gasteiger partial charge < -0.3 is 15.0 Å². The molecular weight excluding hydrogens is 390 g/mol. The van der Waals surface area contributed by atoms with Crippen LogP contribution >= 0.6 is 11.6 Å². The van der Waals surface area contributed by atoms with Crippen LogP contribution in [0.5, 0.6) is 5.75 Å². The number of hydrogen-bond donors (Lipinski definition) is 2. The summed E-state index contributed by atoms with van der Waals surface area (Å²) >= 11 is 6.08. The van der Waals surface area contributed by atoms with Crippen molar-refractivity contribution in [1.82, 2.24) is 19.9 Å². The van der Waals surface area contributed by atoms with Gasteiger partial charge in [-0.25, -0.2) is 9.97 Å². The standard InChI is InChI=1S/C21H18ClN5O2/c1-12(16-10-13-9-14(22)3-4-17(13)26-20(16)28)25-21-24-8-6-18(27-21)15-5-7-23-11-19(15)29-2/h3-12H,1-2H3,(H,26,28)(H,24,25,27)/t12-/m0/s1. The van der Waals surface area contributed by atoms with Crippen LogP contribution in [0.4, 0.5) is 5.95 Å². The molecule has 0 aliphatic heterocycles. The summed E-state index contributed by atoms with van der Waals surface area (Å²) in [5.74, 6) is 1.02. The van der Waals surface area contributed by atoms with Crippen LogP contribution in [0, 0.1) is 0 Å². The number of nitrogens with one attached hydrogen (secondary N) is 2. The minimum atomic E-state index is -0.322. The highest BCUT2D eigenvalue weighted by atomic mass is 35.5. The van der Waals surface area contributed by atoms with Gasteiger partial charge >= 0.3 is 0 Å². The fraction of sp³-hybridized carbons (Fsp3) is 0.143. The number of anilines is 1. The van der Waals surface area contributed by atoms with Gasteiger partial charge in [0.2, 0.25) is 5.95 Å². The number of methoxy groups -OCH3 is 1. The molecule has 2 N–H and O–H groups in total. The molecule has 4 rings (SSSR count). The summed E-state index contributed by atoms with van der Waals surface area (Å²) in [6.07, 6.45) is 4.96. The third-order valence-corrected chi connectivity index (χ3v) is 4.82. The summed E-state index contributed by atoms with van der Waals surface area (Å²) in [7, 11) is 1.58. The van der Waals surface area contributed by atoms with Crippen molar-refractivity contribution in [2.45, 2.75) is 13.0 Å². The summed E-state index contributed by atoms with van der Waals surface area (Å²) in [6.45, 7) is 1.88. The average molecular weight is 408 g/mol. The van der Waals surface area contributed by atoms with E-state index in [4.69, 9.17) is 16.3 Å². The van der Waals surface area contributed by atoms with Crippen LogP contribution in [-0.4, -0.2) is 27.0 Å². The van der Waals surface area contributed by atoms with E-state index in [9.17, 15) is 4.79 Å². The molecule has 3 aromatic heterocycles. The van der Waals surface area contributed by atoms with Gasteiger partial charge in [0.1, 0.15) is 5.75 Å². The number of ether oxygens (including phenoxy) is 1. The van der Waals surface area contributed by atoms with Crippen molar-refractivity contribution in [2.75, 3.05) is 12.4 Å². The van der Waals surface area contributed by atoms with E-state index in [2.05, 4.69) is 25.3 Å². The zero-order valence-electron chi connectivity index (χ0n) is 15.8. The number of fused-ring (bicyclic) bond motifs is 1. The molecule has 0 radical (unpaired) electrons. The number of pyridine rings is 2. The summed E-state index contributed by atoms with van der Waals surface area (Å²) in [5, 5.41) is 4.66. The lowest BCUT2D eigenvalue weighted by molar-refractivity contribution is 0.414. The monoisotopic (exact) mass is 407 g/mol. The van der Waals surface area contributed by atoms with Crippen molar-refractivity contribution in [1.29, 1.82) is 0 Å². The molecule has 3 heterocycles. The van der Waals surface area contributed by atoms with Crippen molar-refractivity contribution in [2.24, 2.45) is 0 Å². The highest BCUT2D eigenvalue weighted by molar-refractivity contribution is 6.31. The second-order valence-corrected chi connectivity index (χ2v) is 6.93. The summed E-state index contributed by atoms with van der Waals surface area (Å²) in [5.41, 5.74) is 2.62. The van der Waals surface area contributed by atoms with Crippen LogP contribution in [0.15, 0.2) is 59.8 Å². The number of benzene rings is 1. The van der Waals surface area contributed by atoms with Gasteiger partial charge in [-0.2, -0.15) is 0 Å². The molecule has 0 saturated carbocycles. The third kappa shape index (κ3) is 3.90. The van der Waals surface area contributed by atoms with E-state index in [1.807, 2.05) is 25.1 Å². The first-order valence-corrected chi connectivity index (χ1v) is 9.33. The molecule has 0 amide bonds. The van der Waals surface area contributed by atoms with Gasteiger partial charge in [-0.15, -0.1) is 0 Å². The molecular formula is C21H18ClN5O2. The first-order valence-electron chi connectivity index (χ1n) is 8.95. The number of aromatic amines is 1. The highest BCUT2D eigenvalue weighted by Gasteiger charge is 2.14. The fourth-order valence-corrected chi connectivity index (χ4v) is 3.30. The Kier molecular flexibility index (Phi) is 5.14. The van der Waals surface area contributed by atoms with E-state index in [0.29, 0.717) is 28.0 Å². The van der Waals surface area contributed by atoms with Crippen molar-refractivity contribution in [3.05, 3.63) is 75.9 Å². The highest BCUT2D eigenvalue weighted by Crippen LogP contribution is 2.28. The molecule has 1 atom stereocenters. The molecule has 0 spiro atoms. The van der Waals surface area contributed by atoms with Crippen LogP contribution in [0.1, 0.15) is 18.5 Å². The van der Waals surface area contributed by atoms with Crippen LogP contribution in [0.25, 0.3) is 22.2 Å². The average Bonchev–Trinajstić information content (AvgIpc) is 2.73. The maximum Gasteiger partial charge on any atom is 0.253 e. The van der Waals surface area contributed by atoms with Crippen molar-refractivity contribution < 1.29 is 4.74 Å². The van der Waals surface area contributed by atoms with Gasteiger partial charge in [0.25, 0.3) is 5.56 Å². The third-order valence-electron chi connectivity index (χ3n) is 4.58. The van der Waals surface area contributed by atoms with Gasteiger partial charge in [0.15, 0.2) is 0 Å². The molecule has 0 unspecified atom stereocenters. The number of rotatable bonds is 5. The minimum absolute atomic E-state index is 0.174. The Morgan fingerprint density at radius 1 is 1.17 bits per heavy atom. The Morgan fingerprint density at radius 2 is 2.03 bits per heavy atom. The molecule has 1 aromatic carbocycles. The van der Waals surface area contributed by atoms with E-state index in [0.717, 1.165) is 16.5 Å². The smallest absolute Gasteiger partial charge is 0.253 e. The van der Waals surface area contributed by atoms with Crippen LogP contribution < -0.4 is 15.6 Å². The van der Waals surface area contributed by atoms with Gasteiger partial charge in [-0.1, -0.05) is 11.6 Å². The predicted molar refractivity (Wildman–Crippen MR) is 113 cm³/mol. The fourth-order valence-electron chi connectivity index (χ4n) is 3.12. The van der Waals surface area contributed by atoms with Gasteiger partial charge in [-0.3, -0.25) is 9.78 Å². The van der Waals surface area contributed by atoms with Crippen LogP contribution in [0.3, 0.4) is 0 Å². The Balaban J connectivity index is 1.65. The number of H-pyrrole nitrogens is 1. The van der Waals surface area contributed by atoms with Gasteiger partial charge in [0, 0.05) is 39.4 Å². The van der Waals surface area contributed by atoms with Gasteiger partial charge in [-0.05, 0) is 43.3 Å². The maximum absolute atomic E-state index is 12.5. The molecule has 146 valence electrons. The molecule has 8 heteroatoms. The molecule has 7 nitrogen and oxygen atoms in total. The maximum atomic E-state index is 12.5. The summed E-state index contributed by atoms with van der Waals surface area (Å²) < 4.78 is 5.36. The van der Waals surface area contributed by atoms with E-state index in [1.165, 1.54) is 0 Å². The largest absolute Gasteiger partial charge is 0.494 e. The minimum Gasteiger partial charge on any atom is -0.494 e. The normalized spacial score (nSPS) is 12.0. The van der Waals surface area contributed by atoms with E-state index in [-0.39, 0.29) is 11.6 Å². The number of halogens is 1. The molecule has 4 aromatic rings. The molecule has 0 aliphatic carbocycles. The zero-order valence-corrected chi connectivity index (χ0v) is 16.6. The lowest BCUT2D eigenvalue weighted by Crippen LogP contribution is -2.20. The lowest BCUT2D eigenvalue weighted by Gasteiger charge is -2.15. The quantitative estimate of drug-likeness (QED) is 0.514. The Bertz CT molecular complexity index is 1240. The zero-order chi connectivity index (χ0) is 20.4. The Labute approximate surface area is 171 Å². The molecule has 29 heavy (non-hydrogen) atoms. The van der Waals surface area contributed by atoms with Crippen molar-refractivity contribution in [3.63, 3.8) is 0 Å². The van der Waals surface area contributed by atoms with Gasteiger partial charge in [0.05, 0.1) is 25.0 Å². The second kappa shape index (κ2) is 7.89. The Hall–Kier alpha value is -3.45. The van der Waals surface area contributed by atoms with Crippen LogP contribution in [-0.2, 0) is 0 Å². The van der Waals surface area contributed by atoms with E-state index >= 15 is 0 Å². The lowest BCUT2D eigenvalue weighted by atomic mass is 10.1. The number of hydrogen-bond acceptors (Lipinski definition) is 6. The van der Waals surface area contributed by atoms with E-state index < -0.39 is 0 Å². The van der Waals surface area contributed by atoms with Crippen molar-refractivity contribution >= 4 is 28.5 Å². The first kappa shape index (κ1) is 18.9. The SMILES string of the molecule is COc1cnccc1-c1ccnc(N[C@@H](C)c2cc3cc(Cl)ccc3[nH]c2=O)n1. The Morgan fingerprint density at radius 3 is 2.86 bits per heavy atom. The first-order chi connectivity index (χ1) is 14.0. The molecule has 0 saturated heterocycles. The second-order valence-electron chi connectivity index (χ2n) is 6.49. The molecule has 0 bridgehead atoms. The van der Waals surface area contributed by atoms with Crippen LogP contribution in [0.2, 0.25) is 5.02 Å².